The first-order chi connectivity index (χ1) is 16.4. The molecule has 1 fully saturated rings. The van der Waals surface area contributed by atoms with Gasteiger partial charge < -0.3 is 19.9 Å². The summed E-state index contributed by atoms with van der Waals surface area (Å²) in [4.78, 5) is 6.58. The quantitative estimate of drug-likeness (QED) is 0.333. The number of hydrogen-bond donors (Lipinski definition) is 2. The number of nitrogens with one attached hydrogen (secondary N) is 1. The highest BCUT2D eigenvalue weighted by Crippen LogP contribution is 2.46. The van der Waals surface area contributed by atoms with Gasteiger partial charge in [0.05, 0.1) is 23.5 Å². The van der Waals surface area contributed by atoms with Crippen molar-refractivity contribution in [2.45, 2.75) is 32.5 Å². The van der Waals surface area contributed by atoms with Gasteiger partial charge in [-0.1, -0.05) is 48.0 Å². The molecule has 2 atom stereocenters. The van der Waals surface area contributed by atoms with Crippen LogP contribution >= 0.6 is 23.8 Å². The second-order valence-corrected chi connectivity index (χ2v) is 9.35. The number of phenols is 1. The van der Waals surface area contributed by atoms with Gasteiger partial charge in [-0.25, -0.2) is 0 Å². The molecule has 5 nitrogen and oxygen atoms in total. The van der Waals surface area contributed by atoms with E-state index in [2.05, 4.69) is 59.0 Å². The molecule has 3 heterocycles. The molecule has 1 saturated heterocycles. The van der Waals surface area contributed by atoms with Gasteiger partial charge in [0.2, 0.25) is 0 Å². The second-order valence-electron chi connectivity index (χ2n) is 8.53. The lowest BCUT2D eigenvalue weighted by atomic mass is 9.96. The summed E-state index contributed by atoms with van der Waals surface area (Å²) in [7, 11) is 0. The molecule has 0 spiro atoms. The molecule has 5 rings (SSSR count). The number of phenolic OH excluding ortho intramolecular Hbond substituents is 1. The molecule has 0 aliphatic carbocycles. The van der Waals surface area contributed by atoms with E-state index in [-0.39, 0.29) is 17.8 Å². The number of anilines is 1. The Kier molecular flexibility index (Phi) is 6.02. The van der Waals surface area contributed by atoms with Crippen molar-refractivity contribution in [3.63, 3.8) is 0 Å². The van der Waals surface area contributed by atoms with E-state index in [9.17, 15) is 5.11 Å². The molecular weight excluding hydrogens is 464 g/mol. The van der Waals surface area contributed by atoms with Gasteiger partial charge in [-0.05, 0) is 73.6 Å². The SMILES string of the molecule is Cc1cc([C@@H]2[C@@H](c3ccccn3)NC(=S)N2c2cc(Cl)ccc2O)c(C)n1Cc1ccccc1. The smallest absolute Gasteiger partial charge is 0.174 e. The highest BCUT2D eigenvalue weighted by Gasteiger charge is 2.43. The zero-order valence-electron chi connectivity index (χ0n) is 18.9. The molecule has 0 radical (unpaired) electrons. The second kappa shape index (κ2) is 9.12. The van der Waals surface area contributed by atoms with E-state index < -0.39 is 0 Å². The molecular formula is C27H25ClN4OS. The molecule has 0 unspecified atom stereocenters. The van der Waals surface area contributed by atoms with Crippen LogP contribution in [0.5, 0.6) is 5.75 Å². The highest BCUT2D eigenvalue weighted by molar-refractivity contribution is 7.80. The first kappa shape index (κ1) is 22.4. The highest BCUT2D eigenvalue weighted by atomic mass is 35.5. The molecule has 7 heteroatoms. The van der Waals surface area contributed by atoms with Crippen molar-refractivity contribution in [2.24, 2.45) is 0 Å². The minimum atomic E-state index is -0.220. The van der Waals surface area contributed by atoms with Gasteiger partial charge in [0.15, 0.2) is 5.11 Å². The number of aromatic nitrogens is 2. The zero-order chi connectivity index (χ0) is 23.8. The third-order valence-electron chi connectivity index (χ3n) is 6.41. The van der Waals surface area contributed by atoms with Crippen molar-refractivity contribution in [1.82, 2.24) is 14.9 Å². The Morgan fingerprint density at radius 1 is 1.03 bits per heavy atom. The Bertz CT molecular complexity index is 1340. The number of aryl methyl sites for hydroxylation is 1. The third kappa shape index (κ3) is 4.04. The van der Waals surface area contributed by atoms with Crippen LogP contribution in [0.2, 0.25) is 5.02 Å². The number of benzene rings is 2. The fourth-order valence-corrected chi connectivity index (χ4v) is 5.26. The maximum atomic E-state index is 10.8. The molecule has 0 bridgehead atoms. The number of nitrogens with zero attached hydrogens (tertiary/aromatic N) is 3. The topological polar surface area (TPSA) is 53.3 Å². The summed E-state index contributed by atoms with van der Waals surface area (Å²) in [5.41, 5.74) is 6.11. The number of halogens is 1. The van der Waals surface area contributed by atoms with Gasteiger partial charge in [-0.2, -0.15) is 0 Å². The predicted molar refractivity (Wildman–Crippen MR) is 140 cm³/mol. The van der Waals surface area contributed by atoms with Crippen molar-refractivity contribution in [3.05, 3.63) is 112 Å². The summed E-state index contributed by atoms with van der Waals surface area (Å²) in [6.45, 7) is 5.04. The van der Waals surface area contributed by atoms with Crippen LogP contribution in [0.1, 0.15) is 40.3 Å². The van der Waals surface area contributed by atoms with E-state index in [4.69, 9.17) is 23.8 Å². The number of aromatic hydroxyl groups is 1. The lowest BCUT2D eigenvalue weighted by Crippen LogP contribution is -2.29. The molecule has 2 N–H and O–H groups in total. The van der Waals surface area contributed by atoms with Crippen molar-refractivity contribution >= 4 is 34.6 Å². The van der Waals surface area contributed by atoms with Gasteiger partial charge in [0.25, 0.3) is 0 Å². The van der Waals surface area contributed by atoms with Crippen molar-refractivity contribution in [2.75, 3.05) is 4.90 Å². The van der Waals surface area contributed by atoms with Crippen LogP contribution in [0.3, 0.4) is 0 Å². The molecule has 1 aliphatic heterocycles. The normalized spacial score (nSPS) is 17.7. The molecule has 0 saturated carbocycles. The largest absolute Gasteiger partial charge is 0.506 e. The average Bonchev–Trinajstić information content (AvgIpc) is 3.32. The van der Waals surface area contributed by atoms with E-state index in [1.807, 2.05) is 29.2 Å². The van der Waals surface area contributed by atoms with Crippen LogP contribution in [0.15, 0.2) is 79.0 Å². The minimum Gasteiger partial charge on any atom is -0.506 e. The van der Waals surface area contributed by atoms with Crippen molar-refractivity contribution < 1.29 is 5.11 Å². The first-order valence-corrected chi connectivity index (χ1v) is 11.9. The Morgan fingerprint density at radius 2 is 1.79 bits per heavy atom. The maximum Gasteiger partial charge on any atom is 0.174 e. The van der Waals surface area contributed by atoms with Gasteiger partial charge in [0.1, 0.15) is 5.75 Å². The predicted octanol–water partition coefficient (Wildman–Crippen LogP) is 6.08. The first-order valence-electron chi connectivity index (χ1n) is 11.1. The lowest BCUT2D eigenvalue weighted by molar-refractivity contribution is 0.472. The summed E-state index contributed by atoms with van der Waals surface area (Å²) >= 11 is 12.1. The number of hydrogen-bond acceptors (Lipinski definition) is 3. The van der Waals surface area contributed by atoms with Crippen molar-refractivity contribution in [1.29, 1.82) is 0 Å². The van der Waals surface area contributed by atoms with Gasteiger partial charge in [-0.15, -0.1) is 0 Å². The summed E-state index contributed by atoms with van der Waals surface area (Å²) in [5.74, 6) is 0.123. The van der Waals surface area contributed by atoms with Crippen LogP contribution in [0, 0.1) is 13.8 Å². The van der Waals surface area contributed by atoms with Gasteiger partial charge in [-0.3, -0.25) is 4.98 Å². The van der Waals surface area contributed by atoms with E-state index in [1.54, 1.807) is 24.4 Å². The monoisotopic (exact) mass is 488 g/mol. The van der Waals surface area contributed by atoms with Gasteiger partial charge in [0, 0.05) is 29.2 Å². The number of rotatable bonds is 5. The maximum absolute atomic E-state index is 10.8. The molecule has 2 aromatic heterocycles. The van der Waals surface area contributed by atoms with E-state index in [1.165, 1.54) is 5.56 Å². The van der Waals surface area contributed by atoms with Crippen molar-refractivity contribution in [3.8, 4) is 5.75 Å². The van der Waals surface area contributed by atoms with E-state index in [0.717, 1.165) is 29.2 Å². The van der Waals surface area contributed by atoms with Crippen LogP contribution in [0.4, 0.5) is 5.69 Å². The molecule has 34 heavy (non-hydrogen) atoms. The summed E-state index contributed by atoms with van der Waals surface area (Å²) < 4.78 is 2.32. The molecule has 172 valence electrons. The summed E-state index contributed by atoms with van der Waals surface area (Å²) in [5, 5.41) is 15.3. The summed E-state index contributed by atoms with van der Waals surface area (Å²) in [6, 6.07) is 23.1. The van der Waals surface area contributed by atoms with Crippen LogP contribution < -0.4 is 10.2 Å². The van der Waals surface area contributed by atoms with Crippen LogP contribution in [-0.2, 0) is 6.54 Å². The Labute approximate surface area is 209 Å². The van der Waals surface area contributed by atoms with Crippen LogP contribution in [-0.4, -0.2) is 19.8 Å². The Hall–Kier alpha value is -3.35. The molecule has 4 aromatic rings. The number of pyridine rings is 1. The van der Waals surface area contributed by atoms with E-state index in [0.29, 0.717) is 15.8 Å². The molecule has 1 aliphatic rings. The fourth-order valence-electron chi connectivity index (χ4n) is 4.76. The van der Waals surface area contributed by atoms with E-state index >= 15 is 0 Å². The fraction of sp³-hybridized carbons (Fsp3) is 0.185. The third-order valence-corrected chi connectivity index (χ3v) is 6.96. The Balaban J connectivity index is 1.65. The molecule has 2 aromatic carbocycles. The number of thiocarbonyl (C=S) groups is 1. The molecule has 0 amide bonds. The lowest BCUT2D eigenvalue weighted by Gasteiger charge is -2.28. The average molecular weight is 489 g/mol. The minimum absolute atomic E-state index is 0.123. The Morgan fingerprint density at radius 3 is 2.53 bits per heavy atom. The standard InChI is InChI=1S/C27H25ClN4OS/c1-17-14-21(18(2)31(17)16-19-8-4-3-5-9-19)26-25(22-10-6-7-13-29-22)30-27(34)32(26)23-15-20(28)11-12-24(23)33/h3-15,25-26,33H,16H2,1-2H3,(H,30,34)/t25-,26-/m1/s1. The van der Waals surface area contributed by atoms with Gasteiger partial charge >= 0.3 is 0 Å². The summed E-state index contributed by atoms with van der Waals surface area (Å²) in [6.07, 6.45) is 1.79. The zero-order valence-corrected chi connectivity index (χ0v) is 20.5. The van der Waals surface area contributed by atoms with Crippen LogP contribution in [0.25, 0.3) is 0 Å².